The number of aryl methyl sites for hydroxylation is 1. The second-order valence-corrected chi connectivity index (χ2v) is 8.32. The van der Waals surface area contributed by atoms with Crippen molar-refractivity contribution >= 4 is 16.0 Å². The molecule has 0 saturated carbocycles. The van der Waals surface area contributed by atoms with Crippen molar-refractivity contribution in [1.29, 1.82) is 0 Å². The molecule has 0 atom stereocenters. The Morgan fingerprint density at radius 3 is 2.55 bits per heavy atom. The molecule has 6 nitrogen and oxygen atoms in total. The van der Waals surface area contributed by atoms with Crippen LogP contribution >= 0.6 is 0 Å². The number of benzene rings is 2. The van der Waals surface area contributed by atoms with Gasteiger partial charge in [-0.15, -0.1) is 13.2 Å². The van der Waals surface area contributed by atoms with Gasteiger partial charge in [0.1, 0.15) is 10.6 Å². The molecule has 0 heterocycles. The van der Waals surface area contributed by atoms with Crippen molar-refractivity contribution in [3.63, 3.8) is 0 Å². The van der Waals surface area contributed by atoms with Gasteiger partial charge in [-0.2, -0.15) is 0 Å². The van der Waals surface area contributed by atoms with Crippen molar-refractivity contribution in [3.05, 3.63) is 58.7 Å². The van der Waals surface area contributed by atoms with Crippen LogP contribution in [0.5, 0.6) is 5.75 Å². The molecule has 0 aliphatic heterocycles. The van der Waals surface area contributed by atoms with E-state index in [0.29, 0.717) is 17.5 Å². The molecule has 3 rings (SSSR count). The second kappa shape index (κ2) is 8.03. The van der Waals surface area contributed by atoms with Crippen molar-refractivity contribution < 1.29 is 36.2 Å². The zero-order valence-electron chi connectivity index (χ0n) is 15.1. The summed E-state index contributed by atoms with van der Waals surface area (Å²) >= 11 is 0. The summed E-state index contributed by atoms with van der Waals surface area (Å²) < 4.78 is 69.2. The number of hydrogen-bond donors (Lipinski definition) is 2. The lowest BCUT2D eigenvalue weighted by Gasteiger charge is -2.17. The number of ether oxygens (including phenoxy) is 1. The molecule has 29 heavy (non-hydrogen) atoms. The monoisotopic (exact) mass is 429 g/mol. The molecule has 10 heteroatoms. The van der Waals surface area contributed by atoms with Gasteiger partial charge in [0.05, 0.1) is 6.42 Å². The van der Waals surface area contributed by atoms with Crippen molar-refractivity contribution in [2.75, 3.05) is 0 Å². The fraction of sp³-hybridized carbons (Fsp3) is 0.316. The normalized spacial score (nSPS) is 13.9. The number of nitrogens with one attached hydrogen (secondary N) is 1. The van der Waals surface area contributed by atoms with E-state index in [4.69, 9.17) is 5.11 Å². The summed E-state index contributed by atoms with van der Waals surface area (Å²) in [6, 6.07) is 7.94. The first kappa shape index (κ1) is 21.1. The minimum Gasteiger partial charge on any atom is -0.481 e. The molecule has 2 N–H and O–H groups in total. The van der Waals surface area contributed by atoms with Gasteiger partial charge in [-0.25, -0.2) is 13.1 Å². The topological polar surface area (TPSA) is 92.7 Å². The molecule has 2 aromatic rings. The molecule has 2 aromatic carbocycles. The summed E-state index contributed by atoms with van der Waals surface area (Å²) in [5.74, 6) is -1.90. The van der Waals surface area contributed by atoms with Gasteiger partial charge in [-0.05, 0) is 53.6 Å². The van der Waals surface area contributed by atoms with E-state index in [1.165, 1.54) is 12.1 Å². The third-order valence-corrected chi connectivity index (χ3v) is 6.08. The van der Waals surface area contributed by atoms with E-state index >= 15 is 0 Å². The highest BCUT2D eigenvalue weighted by atomic mass is 32.2. The molecule has 0 bridgehead atoms. The van der Waals surface area contributed by atoms with Crippen molar-refractivity contribution in [3.8, 4) is 5.75 Å². The number of halogens is 3. The molecule has 0 saturated heterocycles. The Morgan fingerprint density at radius 1 is 1.14 bits per heavy atom. The van der Waals surface area contributed by atoms with Gasteiger partial charge in [0.25, 0.3) is 0 Å². The molecular formula is C19H18F3NO5S. The van der Waals surface area contributed by atoms with Crippen LogP contribution in [0.1, 0.15) is 28.7 Å². The van der Waals surface area contributed by atoms with E-state index in [0.717, 1.165) is 36.1 Å². The predicted molar refractivity (Wildman–Crippen MR) is 97.0 cm³/mol. The summed E-state index contributed by atoms with van der Waals surface area (Å²) in [6.45, 7) is -0.228. The highest BCUT2D eigenvalue weighted by Gasteiger charge is 2.34. The smallest absolute Gasteiger partial charge is 0.481 e. The minimum atomic E-state index is -5.04. The quantitative estimate of drug-likeness (QED) is 0.705. The van der Waals surface area contributed by atoms with Crippen LogP contribution in [0.15, 0.2) is 41.3 Å². The average molecular weight is 429 g/mol. The molecule has 0 aromatic heterocycles. The molecule has 0 fully saturated rings. The van der Waals surface area contributed by atoms with Gasteiger partial charge in [0.2, 0.25) is 10.0 Å². The van der Waals surface area contributed by atoms with Crippen LogP contribution in [0.3, 0.4) is 0 Å². The van der Waals surface area contributed by atoms with Crippen LogP contribution in [-0.2, 0) is 40.6 Å². The van der Waals surface area contributed by atoms with Crippen molar-refractivity contribution in [2.45, 2.75) is 43.5 Å². The second-order valence-electron chi connectivity index (χ2n) is 6.58. The average Bonchev–Trinajstić information content (AvgIpc) is 3.08. The first-order chi connectivity index (χ1) is 13.6. The molecular weight excluding hydrogens is 411 g/mol. The number of alkyl halides is 3. The summed E-state index contributed by atoms with van der Waals surface area (Å²) in [6.07, 6.45) is -2.95. The van der Waals surface area contributed by atoms with Crippen molar-refractivity contribution in [2.24, 2.45) is 0 Å². The summed E-state index contributed by atoms with van der Waals surface area (Å²) in [7, 11) is -4.35. The first-order valence-corrected chi connectivity index (χ1v) is 10.2. The zero-order chi connectivity index (χ0) is 21.2. The standard InChI is InChI=1S/C19H18F3NO5S/c20-19(21,22)28-16-6-1-2-7-17(16)29(26,27)23-11-15-13(10-18(24)25)9-8-12-4-3-5-14(12)15/h1-2,6-9,23H,3-5,10-11H2,(H,24,25). The lowest BCUT2D eigenvalue weighted by molar-refractivity contribution is -0.275. The Labute approximate surface area is 165 Å². The third-order valence-electron chi connectivity index (χ3n) is 4.64. The Balaban J connectivity index is 1.91. The lowest BCUT2D eigenvalue weighted by atomic mass is 9.96. The number of para-hydroxylation sites is 1. The number of sulfonamides is 1. The number of hydrogen-bond acceptors (Lipinski definition) is 4. The highest BCUT2D eigenvalue weighted by molar-refractivity contribution is 7.89. The van der Waals surface area contributed by atoms with Crippen LogP contribution in [0.2, 0.25) is 0 Å². The molecule has 1 aliphatic carbocycles. The summed E-state index contributed by atoms with van der Waals surface area (Å²) in [5, 5.41) is 9.13. The molecule has 156 valence electrons. The van der Waals surface area contributed by atoms with Gasteiger partial charge < -0.3 is 9.84 Å². The van der Waals surface area contributed by atoms with Gasteiger partial charge >= 0.3 is 12.3 Å². The first-order valence-electron chi connectivity index (χ1n) is 8.75. The van der Waals surface area contributed by atoms with Gasteiger partial charge in [-0.3, -0.25) is 4.79 Å². The summed E-state index contributed by atoms with van der Waals surface area (Å²) in [4.78, 5) is 10.5. The van der Waals surface area contributed by atoms with Crippen LogP contribution in [0, 0.1) is 0 Å². The Bertz CT molecular complexity index is 1030. The third kappa shape index (κ3) is 5.07. The number of carbonyl (C=O) groups is 1. The SMILES string of the molecule is O=C(O)Cc1ccc2c(c1CNS(=O)(=O)c1ccccc1OC(F)(F)F)CCC2. The fourth-order valence-electron chi connectivity index (χ4n) is 3.47. The lowest BCUT2D eigenvalue weighted by Crippen LogP contribution is -2.26. The van der Waals surface area contributed by atoms with Gasteiger partial charge in [0, 0.05) is 6.54 Å². The fourth-order valence-corrected chi connectivity index (χ4v) is 4.59. The Morgan fingerprint density at radius 2 is 1.86 bits per heavy atom. The Kier molecular flexibility index (Phi) is 5.85. The Hall–Kier alpha value is -2.59. The number of rotatable bonds is 7. The van der Waals surface area contributed by atoms with E-state index in [2.05, 4.69) is 9.46 Å². The molecule has 1 aliphatic rings. The van der Waals surface area contributed by atoms with Gasteiger partial charge in [0.15, 0.2) is 0 Å². The molecule has 0 amide bonds. The van der Waals surface area contributed by atoms with E-state index in [1.54, 1.807) is 6.07 Å². The number of carboxylic acids is 1. The molecule has 0 radical (unpaired) electrons. The van der Waals surface area contributed by atoms with Crippen LogP contribution < -0.4 is 9.46 Å². The van der Waals surface area contributed by atoms with E-state index in [9.17, 15) is 26.4 Å². The largest absolute Gasteiger partial charge is 0.573 e. The molecule has 0 spiro atoms. The molecule has 0 unspecified atom stereocenters. The zero-order valence-corrected chi connectivity index (χ0v) is 15.9. The predicted octanol–water partition coefficient (Wildman–Crippen LogP) is 3.18. The van der Waals surface area contributed by atoms with Crippen molar-refractivity contribution in [1.82, 2.24) is 4.72 Å². The van der Waals surface area contributed by atoms with Crippen LogP contribution in [0.4, 0.5) is 13.2 Å². The van der Waals surface area contributed by atoms with E-state index < -0.39 is 33.0 Å². The van der Waals surface area contributed by atoms with Gasteiger partial charge in [-0.1, -0.05) is 24.3 Å². The minimum absolute atomic E-state index is 0.228. The number of fused-ring (bicyclic) bond motifs is 1. The number of aliphatic carboxylic acids is 1. The highest BCUT2D eigenvalue weighted by Crippen LogP contribution is 2.31. The van der Waals surface area contributed by atoms with E-state index in [1.807, 2.05) is 6.07 Å². The maximum absolute atomic E-state index is 12.7. The van der Waals surface area contributed by atoms with Crippen LogP contribution in [0.25, 0.3) is 0 Å². The maximum atomic E-state index is 12.7. The number of carboxylic acid groups (broad SMARTS) is 1. The maximum Gasteiger partial charge on any atom is 0.573 e. The summed E-state index contributed by atoms with van der Waals surface area (Å²) in [5.41, 5.74) is 2.95. The van der Waals surface area contributed by atoms with Crippen LogP contribution in [-0.4, -0.2) is 25.9 Å². The van der Waals surface area contributed by atoms with E-state index in [-0.39, 0.29) is 13.0 Å².